The number of hydrogen-bond acceptors (Lipinski definition) is 3. The maximum absolute atomic E-state index is 11.7. The van der Waals surface area contributed by atoms with Gasteiger partial charge in [-0.25, -0.2) is 8.42 Å². The second-order valence-electron chi connectivity index (χ2n) is 4.41. The quantitative estimate of drug-likeness (QED) is 0.887. The van der Waals surface area contributed by atoms with Crippen LogP contribution in [0, 0.1) is 0 Å². The summed E-state index contributed by atoms with van der Waals surface area (Å²) in [4.78, 5) is 0.370. The Morgan fingerprint density at radius 3 is 2.15 bits per heavy atom. The highest BCUT2D eigenvalue weighted by Gasteiger charge is 2.10. The summed E-state index contributed by atoms with van der Waals surface area (Å²) in [5.74, 6) is 0.124. The molecule has 0 heterocycles. The highest BCUT2D eigenvalue weighted by atomic mass is 79.9. The molecule has 0 unspecified atom stereocenters. The summed E-state index contributed by atoms with van der Waals surface area (Å²) in [7, 11) is -3.12. The Hall–Kier alpha value is -1.33. The molecule has 0 fully saturated rings. The Balaban J connectivity index is 2.03. The number of sulfone groups is 1. The minimum Gasteiger partial charge on any atom is -0.381 e. The highest BCUT2D eigenvalue weighted by molar-refractivity contribution is 9.10. The van der Waals surface area contributed by atoms with Crippen molar-refractivity contribution in [2.45, 2.75) is 18.4 Å². The van der Waals surface area contributed by atoms with Crippen molar-refractivity contribution >= 4 is 31.5 Å². The normalized spacial score (nSPS) is 11.3. The SMILES string of the molecule is CCS(=O)(=O)c1ccc(NCc2ccc(Br)cc2)cc1. The van der Waals surface area contributed by atoms with Gasteiger partial charge in [0, 0.05) is 16.7 Å². The van der Waals surface area contributed by atoms with Gasteiger partial charge in [0.1, 0.15) is 0 Å². The van der Waals surface area contributed by atoms with E-state index in [1.165, 1.54) is 5.56 Å². The molecule has 0 radical (unpaired) electrons. The van der Waals surface area contributed by atoms with Gasteiger partial charge < -0.3 is 5.32 Å². The van der Waals surface area contributed by atoms with E-state index in [1.54, 1.807) is 31.2 Å². The van der Waals surface area contributed by atoms with Crippen LogP contribution >= 0.6 is 15.9 Å². The largest absolute Gasteiger partial charge is 0.381 e. The molecule has 2 rings (SSSR count). The molecule has 2 aromatic rings. The third-order valence-corrected chi connectivity index (χ3v) is 5.28. The van der Waals surface area contributed by atoms with Crippen molar-refractivity contribution in [1.29, 1.82) is 0 Å². The van der Waals surface area contributed by atoms with E-state index in [0.29, 0.717) is 11.4 Å². The third-order valence-electron chi connectivity index (χ3n) is 3.00. The molecule has 0 aliphatic carbocycles. The lowest BCUT2D eigenvalue weighted by Crippen LogP contribution is -2.04. The summed E-state index contributed by atoms with van der Waals surface area (Å²) >= 11 is 3.40. The van der Waals surface area contributed by atoms with E-state index in [2.05, 4.69) is 21.2 Å². The summed E-state index contributed by atoms with van der Waals surface area (Å²) < 4.78 is 24.4. The summed E-state index contributed by atoms with van der Waals surface area (Å²) in [6.07, 6.45) is 0. The van der Waals surface area contributed by atoms with E-state index in [-0.39, 0.29) is 5.75 Å². The Kier molecular flexibility index (Phi) is 4.83. The average molecular weight is 354 g/mol. The third kappa shape index (κ3) is 3.84. The zero-order valence-corrected chi connectivity index (χ0v) is 13.5. The lowest BCUT2D eigenvalue weighted by Gasteiger charge is -2.08. The first-order valence-electron chi connectivity index (χ1n) is 6.32. The van der Waals surface area contributed by atoms with Crippen LogP contribution in [0.15, 0.2) is 57.9 Å². The van der Waals surface area contributed by atoms with Gasteiger partial charge in [-0.05, 0) is 42.0 Å². The molecule has 0 bridgehead atoms. The van der Waals surface area contributed by atoms with Gasteiger partial charge in [0.05, 0.1) is 10.6 Å². The standard InChI is InChI=1S/C15H16BrNO2S/c1-2-20(18,19)15-9-7-14(8-10-15)17-11-12-3-5-13(16)6-4-12/h3-10,17H,2,11H2,1H3. The van der Waals surface area contributed by atoms with Gasteiger partial charge in [-0.2, -0.15) is 0 Å². The number of halogens is 1. The second-order valence-corrected chi connectivity index (χ2v) is 7.60. The van der Waals surface area contributed by atoms with E-state index in [4.69, 9.17) is 0 Å². The van der Waals surface area contributed by atoms with Gasteiger partial charge >= 0.3 is 0 Å². The van der Waals surface area contributed by atoms with Crippen LogP contribution in [0.2, 0.25) is 0 Å². The summed E-state index contributed by atoms with van der Waals surface area (Å²) in [5.41, 5.74) is 2.07. The molecule has 0 aliphatic heterocycles. The van der Waals surface area contributed by atoms with Gasteiger partial charge in [0.15, 0.2) is 9.84 Å². The van der Waals surface area contributed by atoms with Crippen molar-refractivity contribution in [3.05, 3.63) is 58.6 Å². The van der Waals surface area contributed by atoms with E-state index in [9.17, 15) is 8.42 Å². The second kappa shape index (κ2) is 6.41. The lowest BCUT2D eigenvalue weighted by atomic mass is 10.2. The number of benzene rings is 2. The monoisotopic (exact) mass is 353 g/mol. The van der Waals surface area contributed by atoms with Gasteiger partial charge in [-0.1, -0.05) is 35.0 Å². The molecule has 106 valence electrons. The minimum atomic E-state index is -3.12. The van der Waals surface area contributed by atoms with Crippen LogP contribution < -0.4 is 5.32 Å². The van der Waals surface area contributed by atoms with Crippen molar-refractivity contribution in [1.82, 2.24) is 0 Å². The maximum Gasteiger partial charge on any atom is 0.178 e. The van der Waals surface area contributed by atoms with E-state index in [0.717, 1.165) is 10.2 Å². The van der Waals surface area contributed by atoms with Crippen molar-refractivity contribution in [2.24, 2.45) is 0 Å². The fraction of sp³-hybridized carbons (Fsp3) is 0.200. The first-order valence-corrected chi connectivity index (χ1v) is 8.77. The van der Waals surface area contributed by atoms with E-state index < -0.39 is 9.84 Å². The van der Waals surface area contributed by atoms with Crippen molar-refractivity contribution < 1.29 is 8.42 Å². The first-order chi connectivity index (χ1) is 9.51. The molecule has 1 N–H and O–H groups in total. The van der Waals surface area contributed by atoms with Crippen LogP contribution in [0.4, 0.5) is 5.69 Å². The van der Waals surface area contributed by atoms with Crippen molar-refractivity contribution in [3.63, 3.8) is 0 Å². The number of anilines is 1. The van der Waals surface area contributed by atoms with Gasteiger partial charge in [-0.3, -0.25) is 0 Å². The van der Waals surface area contributed by atoms with Crippen LogP contribution in [-0.4, -0.2) is 14.2 Å². The number of hydrogen-bond donors (Lipinski definition) is 1. The Morgan fingerprint density at radius 1 is 1.00 bits per heavy atom. The Morgan fingerprint density at radius 2 is 1.60 bits per heavy atom. The predicted molar refractivity (Wildman–Crippen MR) is 85.6 cm³/mol. The van der Waals surface area contributed by atoms with Crippen LogP contribution in [-0.2, 0) is 16.4 Å². The minimum absolute atomic E-state index is 0.124. The van der Waals surface area contributed by atoms with E-state index >= 15 is 0 Å². The summed E-state index contributed by atoms with van der Waals surface area (Å²) in [5, 5.41) is 3.27. The van der Waals surface area contributed by atoms with Crippen LogP contribution in [0.1, 0.15) is 12.5 Å². The molecule has 0 amide bonds. The van der Waals surface area contributed by atoms with E-state index in [1.807, 2.05) is 24.3 Å². The molecule has 5 heteroatoms. The molecule has 0 spiro atoms. The molecule has 0 aliphatic rings. The predicted octanol–water partition coefficient (Wildman–Crippen LogP) is 3.85. The lowest BCUT2D eigenvalue weighted by molar-refractivity contribution is 0.597. The molecule has 0 saturated heterocycles. The van der Waals surface area contributed by atoms with Crippen molar-refractivity contribution in [2.75, 3.05) is 11.1 Å². The van der Waals surface area contributed by atoms with Crippen LogP contribution in [0.25, 0.3) is 0 Å². The Labute approximate surface area is 128 Å². The number of nitrogens with one attached hydrogen (secondary N) is 1. The first kappa shape index (κ1) is 15.1. The smallest absolute Gasteiger partial charge is 0.178 e. The fourth-order valence-corrected chi connectivity index (χ4v) is 2.90. The molecule has 0 aromatic heterocycles. The topological polar surface area (TPSA) is 46.2 Å². The molecular weight excluding hydrogens is 338 g/mol. The Bertz CT molecular complexity index is 664. The van der Waals surface area contributed by atoms with Gasteiger partial charge in [-0.15, -0.1) is 0 Å². The van der Waals surface area contributed by atoms with Crippen molar-refractivity contribution in [3.8, 4) is 0 Å². The molecule has 20 heavy (non-hydrogen) atoms. The zero-order chi connectivity index (χ0) is 14.6. The summed E-state index contributed by atoms with van der Waals surface area (Å²) in [6, 6.07) is 14.9. The molecular formula is C15H16BrNO2S. The zero-order valence-electron chi connectivity index (χ0n) is 11.1. The fourth-order valence-electron chi connectivity index (χ4n) is 1.75. The van der Waals surface area contributed by atoms with Gasteiger partial charge in [0.25, 0.3) is 0 Å². The highest BCUT2D eigenvalue weighted by Crippen LogP contribution is 2.17. The summed E-state index contributed by atoms with van der Waals surface area (Å²) in [6.45, 7) is 2.35. The number of rotatable bonds is 5. The maximum atomic E-state index is 11.7. The molecule has 2 aromatic carbocycles. The molecule has 3 nitrogen and oxygen atoms in total. The molecule has 0 saturated carbocycles. The van der Waals surface area contributed by atoms with Crippen LogP contribution in [0.3, 0.4) is 0 Å². The van der Waals surface area contributed by atoms with Gasteiger partial charge in [0.2, 0.25) is 0 Å². The average Bonchev–Trinajstić information content (AvgIpc) is 2.47. The molecule has 0 atom stereocenters. The van der Waals surface area contributed by atoms with Crippen LogP contribution in [0.5, 0.6) is 0 Å².